The molecule has 0 spiro atoms. The van der Waals surface area contributed by atoms with E-state index in [1.165, 1.54) is 5.56 Å². The molecule has 2 heterocycles. The van der Waals surface area contributed by atoms with Gasteiger partial charge < -0.3 is 7.63 Å². The van der Waals surface area contributed by atoms with E-state index in [-0.39, 0.29) is 0 Å². The van der Waals surface area contributed by atoms with Gasteiger partial charge >= 0.3 is 0 Å². The van der Waals surface area contributed by atoms with Crippen molar-refractivity contribution in [1.82, 2.24) is 14.5 Å². The molecular weight excluding hydrogens is 449 g/mol. The van der Waals surface area contributed by atoms with Crippen molar-refractivity contribution in [3.8, 4) is 22.4 Å². The summed E-state index contributed by atoms with van der Waals surface area (Å²) in [5.41, 5.74) is 7.81. The maximum atomic E-state index is 5.15. The zero-order chi connectivity index (χ0) is 18.6. The Bertz CT molecular complexity index is 1070. The van der Waals surface area contributed by atoms with Gasteiger partial charge in [-0.15, -0.1) is 0 Å². The summed E-state index contributed by atoms with van der Waals surface area (Å²) >= 11 is 1.94. The quantitative estimate of drug-likeness (QED) is 0.264. The van der Waals surface area contributed by atoms with Crippen molar-refractivity contribution in [2.45, 2.75) is 19.9 Å². The Kier molecular flexibility index (Phi) is 5.50. The van der Waals surface area contributed by atoms with Gasteiger partial charge in [0.05, 0.1) is 29.7 Å². The molecule has 0 atom stereocenters. The van der Waals surface area contributed by atoms with E-state index in [9.17, 15) is 0 Å². The molecule has 4 rings (SSSR count). The third-order valence-electron chi connectivity index (χ3n) is 4.65. The van der Waals surface area contributed by atoms with Crippen LogP contribution >= 0.6 is 23.0 Å². The van der Waals surface area contributed by atoms with Gasteiger partial charge in [0.2, 0.25) is 0 Å². The Hall–Kier alpha value is -2.25. The first kappa shape index (κ1) is 18.1. The molecule has 136 valence electrons. The highest BCUT2D eigenvalue weighted by Crippen LogP contribution is 2.32. The minimum Gasteiger partial charge on any atom is -0.330 e. The number of halogens is 1. The van der Waals surface area contributed by atoms with E-state index in [1.54, 1.807) is 0 Å². The molecule has 0 aliphatic carbocycles. The van der Waals surface area contributed by atoms with Crippen molar-refractivity contribution in [1.29, 1.82) is 0 Å². The van der Waals surface area contributed by atoms with Crippen LogP contribution in [-0.2, 0) is 9.61 Å². The van der Waals surface area contributed by atoms with Crippen LogP contribution in [0.3, 0.4) is 0 Å². The maximum Gasteiger partial charge on any atom is 0.109 e. The fourth-order valence-electron chi connectivity index (χ4n) is 3.35. The van der Waals surface area contributed by atoms with E-state index in [4.69, 9.17) is 3.07 Å². The lowest BCUT2D eigenvalue weighted by molar-refractivity contribution is 0.397. The lowest BCUT2D eigenvalue weighted by Crippen LogP contribution is -1.99. The highest BCUT2D eigenvalue weighted by Gasteiger charge is 2.11. The molecule has 0 aliphatic heterocycles. The lowest BCUT2D eigenvalue weighted by Gasteiger charge is -2.10. The molecule has 2 aromatic heterocycles. The van der Waals surface area contributed by atoms with Gasteiger partial charge in [-0.1, -0.05) is 35.9 Å². The van der Waals surface area contributed by atoms with Crippen LogP contribution in [0.1, 0.15) is 12.0 Å². The van der Waals surface area contributed by atoms with Crippen LogP contribution in [-0.4, -0.2) is 21.1 Å². The fraction of sp³-hybridized carbons (Fsp3) is 0.182. The number of benzene rings is 2. The molecule has 0 radical (unpaired) electrons. The monoisotopic (exact) mass is 469 g/mol. The number of rotatable bonds is 6. The molecule has 4 nitrogen and oxygen atoms in total. The number of hydrogen-bond donors (Lipinski definition) is 0. The van der Waals surface area contributed by atoms with E-state index in [0.717, 1.165) is 53.0 Å². The summed E-state index contributed by atoms with van der Waals surface area (Å²) in [4.78, 5) is 9.21. The molecule has 0 saturated heterocycles. The van der Waals surface area contributed by atoms with Crippen molar-refractivity contribution in [2.24, 2.45) is 0 Å². The van der Waals surface area contributed by atoms with Crippen LogP contribution in [0.25, 0.3) is 33.4 Å². The molecule has 5 heteroatoms. The molecular formula is C22H20IN3O. The van der Waals surface area contributed by atoms with Gasteiger partial charge in [-0.3, -0.25) is 4.98 Å². The largest absolute Gasteiger partial charge is 0.330 e. The number of fused-ring (bicyclic) bond motifs is 1. The summed E-state index contributed by atoms with van der Waals surface area (Å²) in [5.74, 6) is 0. The molecule has 0 saturated carbocycles. The molecule has 0 aliphatic rings. The average Bonchev–Trinajstić information content (AvgIpc) is 3.10. The van der Waals surface area contributed by atoms with Crippen molar-refractivity contribution in [3.63, 3.8) is 0 Å². The van der Waals surface area contributed by atoms with E-state index < -0.39 is 0 Å². The molecule has 0 fully saturated rings. The second kappa shape index (κ2) is 8.19. The maximum absolute atomic E-state index is 5.15. The summed E-state index contributed by atoms with van der Waals surface area (Å²) in [5, 5.41) is 0. The first-order valence-electron chi connectivity index (χ1n) is 8.97. The van der Waals surface area contributed by atoms with Gasteiger partial charge in [-0.2, -0.15) is 0 Å². The summed E-state index contributed by atoms with van der Waals surface area (Å²) in [6.45, 7) is 3.73. The Morgan fingerprint density at radius 2 is 1.93 bits per heavy atom. The van der Waals surface area contributed by atoms with Crippen LogP contribution in [0.4, 0.5) is 0 Å². The standard InChI is InChI=1S/C22H20IN3O/c1-16-5-2-6-18(13-16)22-19(7-3-10-24-22)17-8-9-20-21(14-17)26(15-25-20)11-4-12-27-23/h2-3,5-10,13-15H,4,11-12H2,1H3. The zero-order valence-corrected chi connectivity index (χ0v) is 17.3. The average molecular weight is 469 g/mol. The van der Waals surface area contributed by atoms with Crippen LogP contribution in [0, 0.1) is 6.92 Å². The number of pyridine rings is 1. The lowest BCUT2D eigenvalue weighted by atomic mass is 9.98. The van der Waals surface area contributed by atoms with E-state index in [2.05, 4.69) is 70.0 Å². The first-order chi connectivity index (χ1) is 13.3. The van der Waals surface area contributed by atoms with Crippen LogP contribution in [0.2, 0.25) is 0 Å². The summed E-state index contributed by atoms with van der Waals surface area (Å²) < 4.78 is 7.34. The Morgan fingerprint density at radius 3 is 2.78 bits per heavy atom. The summed E-state index contributed by atoms with van der Waals surface area (Å²) in [7, 11) is 0. The number of aromatic nitrogens is 3. The van der Waals surface area contributed by atoms with Crippen LogP contribution < -0.4 is 0 Å². The normalized spacial score (nSPS) is 11.2. The van der Waals surface area contributed by atoms with Crippen molar-refractivity contribution < 1.29 is 3.07 Å². The number of aryl methyl sites for hydroxylation is 2. The highest BCUT2D eigenvalue weighted by atomic mass is 127. The minimum absolute atomic E-state index is 0.736. The SMILES string of the molecule is Cc1cccc(-c2ncccc2-c2ccc3ncn(CCCOI)c3c2)c1. The van der Waals surface area contributed by atoms with Crippen LogP contribution in [0.5, 0.6) is 0 Å². The molecule has 0 N–H and O–H groups in total. The minimum atomic E-state index is 0.736. The Balaban J connectivity index is 1.78. The van der Waals surface area contributed by atoms with Gasteiger partial charge in [0.15, 0.2) is 0 Å². The smallest absolute Gasteiger partial charge is 0.109 e. The summed E-state index contributed by atoms with van der Waals surface area (Å²) in [6.07, 6.45) is 4.72. The number of imidazole rings is 1. The van der Waals surface area contributed by atoms with Crippen molar-refractivity contribution in [2.75, 3.05) is 6.61 Å². The van der Waals surface area contributed by atoms with E-state index >= 15 is 0 Å². The van der Waals surface area contributed by atoms with Gasteiger partial charge in [-0.25, -0.2) is 4.98 Å². The van der Waals surface area contributed by atoms with Crippen molar-refractivity contribution >= 4 is 34.0 Å². The van der Waals surface area contributed by atoms with Gasteiger partial charge in [0.25, 0.3) is 0 Å². The molecule has 4 aromatic rings. The third-order valence-corrected chi connectivity index (χ3v) is 5.09. The van der Waals surface area contributed by atoms with E-state index in [0.29, 0.717) is 0 Å². The zero-order valence-electron chi connectivity index (χ0n) is 15.1. The highest BCUT2D eigenvalue weighted by molar-refractivity contribution is 14.1. The van der Waals surface area contributed by atoms with Gasteiger partial charge in [0.1, 0.15) is 23.0 Å². The Morgan fingerprint density at radius 1 is 1.00 bits per heavy atom. The molecule has 27 heavy (non-hydrogen) atoms. The molecule has 0 bridgehead atoms. The number of nitrogens with zero attached hydrogens (tertiary/aromatic N) is 3. The predicted octanol–water partition coefficient (Wildman–Crippen LogP) is 5.83. The topological polar surface area (TPSA) is 39.9 Å². The van der Waals surface area contributed by atoms with Gasteiger partial charge in [-0.05, 0) is 43.2 Å². The fourth-order valence-corrected chi connectivity index (χ4v) is 3.66. The first-order valence-corrected chi connectivity index (χ1v) is 9.85. The van der Waals surface area contributed by atoms with Crippen molar-refractivity contribution in [3.05, 3.63) is 72.7 Å². The number of hydrogen-bond acceptors (Lipinski definition) is 3. The van der Waals surface area contributed by atoms with Gasteiger partial charge in [0, 0.05) is 23.9 Å². The predicted molar refractivity (Wildman–Crippen MR) is 118 cm³/mol. The van der Waals surface area contributed by atoms with Crippen LogP contribution in [0.15, 0.2) is 67.1 Å². The Labute approximate surface area is 172 Å². The molecule has 2 aromatic carbocycles. The third kappa shape index (κ3) is 3.89. The second-order valence-electron chi connectivity index (χ2n) is 6.58. The second-order valence-corrected chi connectivity index (χ2v) is 7.20. The molecule has 0 unspecified atom stereocenters. The molecule has 0 amide bonds. The van der Waals surface area contributed by atoms with E-state index in [1.807, 2.05) is 41.6 Å². The summed E-state index contributed by atoms with van der Waals surface area (Å²) in [6, 6.07) is 19.0.